The van der Waals surface area contributed by atoms with Gasteiger partial charge in [0, 0.05) is 39.1 Å². The van der Waals surface area contributed by atoms with Crippen LogP contribution < -0.4 is 9.64 Å². The highest BCUT2D eigenvalue weighted by molar-refractivity contribution is 6.19. The van der Waals surface area contributed by atoms with Gasteiger partial charge in [0.25, 0.3) is 0 Å². The number of allylic oxidation sites excluding steroid dienone is 8. The first-order chi connectivity index (χ1) is 24.7. The molecule has 0 radical (unpaired) electrons. The van der Waals surface area contributed by atoms with Gasteiger partial charge in [0.15, 0.2) is 0 Å². The fourth-order valence-corrected chi connectivity index (χ4v) is 8.68. The molecule has 0 bridgehead atoms. The fourth-order valence-electron chi connectivity index (χ4n) is 8.68. The van der Waals surface area contributed by atoms with Crippen LogP contribution in [0.2, 0.25) is 0 Å². The third-order valence-electron chi connectivity index (χ3n) is 11.3. The maximum atomic E-state index is 7.01. The number of hydrogen-bond donors (Lipinski definition) is 0. The third kappa shape index (κ3) is 4.43. The average Bonchev–Trinajstić information content (AvgIpc) is 3.68. The maximum Gasteiger partial charge on any atom is 0.149 e. The minimum atomic E-state index is -0.262. The van der Waals surface area contributed by atoms with Gasteiger partial charge in [-0.2, -0.15) is 0 Å². The smallest absolute Gasteiger partial charge is 0.149 e. The highest BCUT2D eigenvalue weighted by Crippen LogP contribution is 2.54. The van der Waals surface area contributed by atoms with E-state index in [2.05, 4.69) is 180 Å². The Morgan fingerprint density at radius 2 is 1.52 bits per heavy atom. The van der Waals surface area contributed by atoms with Crippen LogP contribution in [-0.2, 0) is 5.41 Å². The molecule has 0 amide bonds. The van der Waals surface area contributed by atoms with Gasteiger partial charge in [-0.15, -0.1) is 0 Å². The van der Waals surface area contributed by atoms with Gasteiger partial charge in [-0.05, 0) is 109 Å². The van der Waals surface area contributed by atoms with E-state index in [-0.39, 0.29) is 11.5 Å². The topological polar surface area (TPSA) is 17.4 Å². The first-order valence-corrected chi connectivity index (χ1v) is 17.9. The van der Waals surface area contributed by atoms with Gasteiger partial charge in [-0.3, -0.25) is 0 Å². The summed E-state index contributed by atoms with van der Waals surface area (Å²) in [6.07, 6.45) is 21.8. The molecule has 0 fully saturated rings. The molecule has 50 heavy (non-hydrogen) atoms. The van der Waals surface area contributed by atoms with Crippen molar-refractivity contribution >= 4 is 44.6 Å². The Labute approximate surface area is 293 Å². The number of fused-ring (bicyclic) bond motifs is 8. The zero-order valence-electron chi connectivity index (χ0n) is 28.2. The zero-order valence-corrected chi connectivity index (χ0v) is 28.2. The van der Waals surface area contributed by atoms with E-state index in [0.29, 0.717) is 5.92 Å². The highest BCUT2D eigenvalue weighted by Gasteiger charge is 2.45. The van der Waals surface area contributed by atoms with Crippen LogP contribution in [-0.4, -0.2) is 10.7 Å². The van der Waals surface area contributed by atoms with Crippen LogP contribution in [0, 0.1) is 5.92 Å². The zero-order chi connectivity index (χ0) is 33.2. The second-order valence-electron chi connectivity index (χ2n) is 14.2. The van der Waals surface area contributed by atoms with Gasteiger partial charge in [-0.25, -0.2) is 0 Å². The van der Waals surface area contributed by atoms with Crippen molar-refractivity contribution in [2.45, 2.75) is 37.7 Å². The number of anilines is 3. The Balaban J connectivity index is 1.21. The number of benzene rings is 5. The fraction of sp³-hybridized carbons (Fsp3) is 0.149. The van der Waals surface area contributed by atoms with Crippen molar-refractivity contribution in [1.29, 1.82) is 0 Å². The normalized spacial score (nSPS) is 21.7. The molecule has 6 aromatic rings. The van der Waals surface area contributed by atoms with Crippen LogP contribution >= 0.6 is 0 Å². The van der Waals surface area contributed by atoms with Crippen LogP contribution in [0.5, 0.6) is 5.75 Å². The first kappa shape index (κ1) is 29.1. The van der Waals surface area contributed by atoms with Crippen molar-refractivity contribution in [3.8, 4) is 16.9 Å². The van der Waals surface area contributed by atoms with Crippen LogP contribution in [0.1, 0.15) is 31.7 Å². The van der Waals surface area contributed by atoms with E-state index < -0.39 is 0 Å². The molecule has 0 saturated carbocycles. The van der Waals surface area contributed by atoms with E-state index >= 15 is 0 Å². The molecule has 1 aromatic heterocycles. The van der Waals surface area contributed by atoms with Gasteiger partial charge < -0.3 is 14.2 Å². The number of rotatable bonds is 5. The summed E-state index contributed by atoms with van der Waals surface area (Å²) in [5.41, 5.74) is 11.8. The number of ether oxygens (including phenoxy) is 1. The monoisotopic (exact) mass is 646 g/mol. The van der Waals surface area contributed by atoms with Crippen molar-refractivity contribution in [3.05, 3.63) is 175 Å². The van der Waals surface area contributed by atoms with Crippen molar-refractivity contribution in [2.24, 2.45) is 5.92 Å². The first-order valence-electron chi connectivity index (χ1n) is 17.9. The Hall–Kier alpha value is -5.80. The molecular formula is C47H38N2O. The van der Waals surface area contributed by atoms with Gasteiger partial charge in [0.1, 0.15) is 11.9 Å². The summed E-state index contributed by atoms with van der Waals surface area (Å²) >= 11 is 0. The van der Waals surface area contributed by atoms with E-state index in [1.807, 2.05) is 0 Å². The van der Waals surface area contributed by atoms with E-state index in [1.165, 1.54) is 57.1 Å². The summed E-state index contributed by atoms with van der Waals surface area (Å²) in [6, 6.07) is 41.7. The van der Waals surface area contributed by atoms with Crippen molar-refractivity contribution in [1.82, 2.24) is 4.57 Å². The number of hydrogen-bond acceptors (Lipinski definition) is 2. The highest BCUT2D eigenvalue weighted by atomic mass is 16.5. The van der Waals surface area contributed by atoms with Gasteiger partial charge in [-0.1, -0.05) is 103 Å². The maximum absolute atomic E-state index is 7.01. The molecule has 3 heteroatoms. The second-order valence-corrected chi connectivity index (χ2v) is 14.2. The average molecular weight is 647 g/mol. The lowest BCUT2D eigenvalue weighted by molar-refractivity contribution is 0.229. The standard InChI is InChI=1S/C47H38N2O/c1-47-29-13-12-22-43(47)50-46-41(47)31-40(33-24-26-37(27-25-33)48(35-16-4-2-5-17-35)36-18-6-3-7-19-36)44-39-20-10-11-21-42(39)49(45(44)46)38-28-23-32-14-8-9-15-34(32)30-38/h2-7,9-13,15-22,24-32,43H,8,14,23H2,1H3. The molecule has 3 nitrogen and oxygen atoms in total. The molecule has 1 aliphatic heterocycles. The van der Waals surface area contributed by atoms with Crippen molar-refractivity contribution in [2.75, 3.05) is 4.90 Å². The summed E-state index contributed by atoms with van der Waals surface area (Å²) in [5, 5.41) is 2.49. The Bertz CT molecular complexity index is 2400. The lowest BCUT2D eigenvalue weighted by Gasteiger charge is -2.27. The number of nitrogens with zero attached hydrogens (tertiary/aromatic N) is 2. The summed E-state index contributed by atoms with van der Waals surface area (Å²) in [7, 11) is 0. The molecule has 5 aromatic carbocycles. The molecule has 10 rings (SSSR count). The van der Waals surface area contributed by atoms with E-state index in [0.717, 1.165) is 34.7 Å². The number of aromatic nitrogens is 1. The lowest BCUT2D eigenvalue weighted by atomic mass is 9.75. The van der Waals surface area contributed by atoms with Crippen molar-refractivity contribution in [3.63, 3.8) is 0 Å². The van der Waals surface area contributed by atoms with Gasteiger partial charge in [0.2, 0.25) is 0 Å². The van der Waals surface area contributed by atoms with E-state index in [9.17, 15) is 0 Å². The summed E-state index contributed by atoms with van der Waals surface area (Å²) in [6.45, 7) is 2.33. The Morgan fingerprint density at radius 1 is 0.800 bits per heavy atom. The van der Waals surface area contributed by atoms with Crippen LogP contribution in [0.25, 0.3) is 38.6 Å². The SMILES string of the molecule is CC12C=CC=CC1Oc1c2cc(-c2ccc(N(c3ccccc3)c3ccccc3)cc2)c2c3ccccc3n(C3=CCC4CCC=CC4=C3)c12. The number of para-hydroxylation sites is 3. The quantitative estimate of drug-likeness (QED) is 0.185. The molecule has 3 atom stereocenters. The molecular weight excluding hydrogens is 609 g/mol. The third-order valence-corrected chi connectivity index (χ3v) is 11.3. The van der Waals surface area contributed by atoms with Gasteiger partial charge in [0.05, 0.1) is 16.4 Å². The summed E-state index contributed by atoms with van der Waals surface area (Å²) in [4.78, 5) is 2.32. The Kier molecular flexibility index (Phi) is 6.64. The lowest BCUT2D eigenvalue weighted by Crippen LogP contribution is -2.32. The molecule has 242 valence electrons. The van der Waals surface area contributed by atoms with Crippen molar-refractivity contribution < 1.29 is 4.74 Å². The molecule has 4 aliphatic rings. The minimum Gasteiger partial charge on any atom is -0.483 e. The summed E-state index contributed by atoms with van der Waals surface area (Å²) < 4.78 is 9.50. The molecule has 3 unspecified atom stereocenters. The molecule has 0 spiro atoms. The largest absolute Gasteiger partial charge is 0.483 e. The Morgan fingerprint density at radius 3 is 2.30 bits per heavy atom. The minimum absolute atomic E-state index is 0.0514. The molecule has 2 heterocycles. The molecule has 0 saturated heterocycles. The predicted molar refractivity (Wildman–Crippen MR) is 208 cm³/mol. The molecule has 3 aliphatic carbocycles. The van der Waals surface area contributed by atoms with Gasteiger partial charge >= 0.3 is 0 Å². The van der Waals surface area contributed by atoms with E-state index in [4.69, 9.17) is 4.74 Å². The van der Waals surface area contributed by atoms with Crippen LogP contribution in [0.4, 0.5) is 17.1 Å². The van der Waals surface area contributed by atoms with E-state index in [1.54, 1.807) is 0 Å². The van der Waals surface area contributed by atoms with Crippen LogP contribution in [0.15, 0.2) is 169 Å². The predicted octanol–water partition coefficient (Wildman–Crippen LogP) is 12.2. The molecule has 0 N–H and O–H groups in total. The second kappa shape index (κ2) is 11.4. The van der Waals surface area contributed by atoms with Crippen LogP contribution in [0.3, 0.4) is 0 Å². The summed E-state index contributed by atoms with van der Waals surface area (Å²) in [5.74, 6) is 1.61.